The summed E-state index contributed by atoms with van der Waals surface area (Å²) in [6.07, 6.45) is 0. The van der Waals surface area contributed by atoms with Gasteiger partial charge in [-0.3, -0.25) is 4.79 Å². The number of anilines is 1. The van der Waals surface area contributed by atoms with Gasteiger partial charge in [0.2, 0.25) is 0 Å². The second kappa shape index (κ2) is 7.86. The van der Waals surface area contributed by atoms with Crippen molar-refractivity contribution in [3.8, 4) is 5.75 Å². The topological polar surface area (TPSA) is 75.8 Å². The predicted molar refractivity (Wildman–Crippen MR) is 77.9 cm³/mol. The second-order valence-electron chi connectivity index (χ2n) is 3.92. The van der Waals surface area contributed by atoms with Crippen LogP contribution in [-0.2, 0) is 9.53 Å². The predicted octanol–water partition coefficient (Wildman–Crippen LogP) is 1.83. The highest BCUT2D eigenvalue weighted by Crippen LogP contribution is 2.28. The fraction of sp³-hybridized carbons (Fsp3) is 0.462. The van der Waals surface area contributed by atoms with Gasteiger partial charge in [0.25, 0.3) is 0 Å². The summed E-state index contributed by atoms with van der Waals surface area (Å²) in [5, 5.41) is 9.93. The number of aromatic hydroxyl groups is 1. The number of nitrogens with zero attached hydrogens (tertiary/aromatic N) is 1. The van der Waals surface area contributed by atoms with Crippen LogP contribution in [0.5, 0.6) is 5.75 Å². The van der Waals surface area contributed by atoms with Gasteiger partial charge < -0.3 is 20.5 Å². The number of rotatable bonds is 5. The number of halogens is 1. The SMILES string of the molecule is CCN(CC)c1ccc([C@H](N)C(=O)OC)c(O)c1.Cl. The van der Waals surface area contributed by atoms with E-state index in [0.29, 0.717) is 5.56 Å². The molecule has 0 spiro atoms. The summed E-state index contributed by atoms with van der Waals surface area (Å²) in [4.78, 5) is 13.4. The van der Waals surface area contributed by atoms with E-state index in [9.17, 15) is 9.90 Å². The van der Waals surface area contributed by atoms with Gasteiger partial charge in [-0.1, -0.05) is 6.07 Å². The van der Waals surface area contributed by atoms with E-state index in [-0.39, 0.29) is 18.2 Å². The molecule has 0 aromatic heterocycles. The lowest BCUT2D eigenvalue weighted by atomic mass is 10.1. The molecule has 0 unspecified atom stereocenters. The molecule has 5 nitrogen and oxygen atoms in total. The molecule has 0 aliphatic carbocycles. The molecule has 0 saturated carbocycles. The number of phenolic OH excluding ortho intramolecular Hbond substituents is 1. The molecule has 0 aliphatic rings. The van der Waals surface area contributed by atoms with Crippen molar-refractivity contribution in [1.29, 1.82) is 0 Å². The number of ether oxygens (including phenoxy) is 1. The Bertz CT molecular complexity index is 422. The molecule has 0 saturated heterocycles. The average molecular weight is 289 g/mol. The summed E-state index contributed by atoms with van der Waals surface area (Å²) < 4.78 is 4.56. The molecule has 1 rings (SSSR count). The third-order valence-corrected chi connectivity index (χ3v) is 2.93. The first-order valence-corrected chi connectivity index (χ1v) is 5.96. The summed E-state index contributed by atoms with van der Waals surface area (Å²) >= 11 is 0. The maximum absolute atomic E-state index is 11.3. The Balaban J connectivity index is 0.00000324. The third-order valence-electron chi connectivity index (χ3n) is 2.93. The zero-order valence-electron chi connectivity index (χ0n) is 11.4. The highest BCUT2D eigenvalue weighted by Gasteiger charge is 2.20. The van der Waals surface area contributed by atoms with Gasteiger partial charge in [0.15, 0.2) is 0 Å². The molecule has 0 aliphatic heterocycles. The maximum atomic E-state index is 11.3. The largest absolute Gasteiger partial charge is 0.508 e. The lowest BCUT2D eigenvalue weighted by molar-refractivity contribution is -0.142. The van der Waals surface area contributed by atoms with Gasteiger partial charge in [0.1, 0.15) is 11.8 Å². The van der Waals surface area contributed by atoms with Crippen LogP contribution in [-0.4, -0.2) is 31.3 Å². The number of hydrogen-bond donors (Lipinski definition) is 2. The van der Waals surface area contributed by atoms with Crippen molar-refractivity contribution in [2.45, 2.75) is 19.9 Å². The maximum Gasteiger partial charge on any atom is 0.327 e. The van der Waals surface area contributed by atoms with Crippen molar-refractivity contribution in [3.05, 3.63) is 23.8 Å². The van der Waals surface area contributed by atoms with E-state index in [0.717, 1.165) is 18.8 Å². The van der Waals surface area contributed by atoms with Gasteiger partial charge in [0, 0.05) is 30.4 Å². The van der Waals surface area contributed by atoms with Crippen LogP contribution in [0.1, 0.15) is 25.5 Å². The monoisotopic (exact) mass is 288 g/mol. The normalized spacial score (nSPS) is 11.4. The third kappa shape index (κ3) is 4.01. The molecule has 0 bridgehead atoms. The lowest BCUT2D eigenvalue weighted by Gasteiger charge is -2.22. The van der Waals surface area contributed by atoms with Crippen LogP contribution in [0.2, 0.25) is 0 Å². The number of hydrogen-bond acceptors (Lipinski definition) is 5. The zero-order chi connectivity index (χ0) is 13.7. The number of carbonyl (C=O) groups is 1. The first-order valence-electron chi connectivity index (χ1n) is 5.96. The molecule has 19 heavy (non-hydrogen) atoms. The molecule has 0 amide bonds. The molecule has 3 N–H and O–H groups in total. The van der Waals surface area contributed by atoms with Crippen molar-refractivity contribution in [1.82, 2.24) is 0 Å². The number of methoxy groups -OCH3 is 1. The average Bonchev–Trinajstić information content (AvgIpc) is 2.38. The highest BCUT2D eigenvalue weighted by atomic mass is 35.5. The molecule has 1 aromatic rings. The van der Waals surface area contributed by atoms with E-state index in [1.807, 2.05) is 19.9 Å². The van der Waals surface area contributed by atoms with Crippen LogP contribution in [0.25, 0.3) is 0 Å². The minimum atomic E-state index is -0.958. The molecule has 108 valence electrons. The number of phenols is 1. The Labute approximate surface area is 119 Å². The summed E-state index contributed by atoms with van der Waals surface area (Å²) in [6.45, 7) is 5.76. The summed E-state index contributed by atoms with van der Waals surface area (Å²) in [5.41, 5.74) is 6.97. The Hall–Kier alpha value is -1.46. The molecule has 0 radical (unpaired) electrons. The fourth-order valence-corrected chi connectivity index (χ4v) is 1.83. The van der Waals surface area contributed by atoms with Crippen LogP contribution in [0, 0.1) is 0 Å². The molecule has 1 aromatic carbocycles. The second-order valence-corrected chi connectivity index (χ2v) is 3.92. The lowest BCUT2D eigenvalue weighted by Crippen LogP contribution is -2.24. The number of esters is 1. The molecule has 1 atom stereocenters. The molecular weight excluding hydrogens is 268 g/mol. The van der Waals surface area contributed by atoms with Crippen molar-refractivity contribution in [2.24, 2.45) is 5.73 Å². The minimum Gasteiger partial charge on any atom is -0.508 e. The van der Waals surface area contributed by atoms with E-state index in [4.69, 9.17) is 5.73 Å². The van der Waals surface area contributed by atoms with E-state index in [1.54, 1.807) is 12.1 Å². The Morgan fingerprint density at radius 3 is 2.42 bits per heavy atom. The van der Waals surface area contributed by atoms with E-state index < -0.39 is 12.0 Å². The van der Waals surface area contributed by atoms with Gasteiger partial charge in [-0.15, -0.1) is 12.4 Å². The summed E-state index contributed by atoms with van der Waals surface area (Å²) in [5.74, 6) is -0.557. The Morgan fingerprint density at radius 1 is 1.42 bits per heavy atom. The fourth-order valence-electron chi connectivity index (χ4n) is 1.83. The molecule has 0 heterocycles. The smallest absolute Gasteiger partial charge is 0.327 e. The van der Waals surface area contributed by atoms with Gasteiger partial charge in [-0.05, 0) is 19.9 Å². The van der Waals surface area contributed by atoms with Crippen LogP contribution in [0.15, 0.2) is 18.2 Å². The quantitative estimate of drug-likeness (QED) is 0.809. The summed E-state index contributed by atoms with van der Waals surface area (Å²) in [7, 11) is 1.27. The van der Waals surface area contributed by atoms with Gasteiger partial charge in [-0.25, -0.2) is 0 Å². The van der Waals surface area contributed by atoms with E-state index in [2.05, 4.69) is 9.64 Å². The number of benzene rings is 1. The van der Waals surface area contributed by atoms with Crippen LogP contribution in [0.4, 0.5) is 5.69 Å². The standard InChI is InChI=1S/C13H20N2O3.ClH/c1-4-15(5-2)9-6-7-10(11(16)8-9)12(14)13(17)18-3;/h6-8,12,16H,4-5,14H2,1-3H3;1H/t12-;/m0./s1. The van der Waals surface area contributed by atoms with Crippen LogP contribution >= 0.6 is 12.4 Å². The number of carbonyl (C=O) groups excluding carboxylic acids is 1. The van der Waals surface area contributed by atoms with Gasteiger partial charge >= 0.3 is 5.97 Å². The van der Waals surface area contributed by atoms with Gasteiger partial charge in [0.05, 0.1) is 7.11 Å². The number of nitrogens with two attached hydrogens (primary N) is 1. The van der Waals surface area contributed by atoms with Gasteiger partial charge in [-0.2, -0.15) is 0 Å². The van der Waals surface area contributed by atoms with Crippen LogP contribution < -0.4 is 10.6 Å². The first-order chi connectivity index (χ1) is 8.54. The minimum absolute atomic E-state index is 0. The molecular formula is C13H21ClN2O3. The Kier molecular flexibility index (Phi) is 7.26. The highest BCUT2D eigenvalue weighted by molar-refractivity contribution is 5.85. The van der Waals surface area contributed by atoms with Crippen molar-refractivity contribution < 1.29 is 14.6 Å². The van der Waals surface area contributed by atoms with E-state index in [1.165, 1.54) is 7.11 Å². The Morgan fingerprint density at radius 2 is 2.00 bits per heavy atom. The summed E-state index contributed by atoms with van der Waals surface area (Å²) in [6, 6.07) is 4.15. The van der Waals surface area contributed by atoms with Crippen molar-refractivity contribution in [3.63, 3.8) is 0 Å². The first kappa shape index (κ1) is 17.5. The molecule has 6 heteroatoms. The van der Waals surface area contributed by atoms with Crippen molar-refractivity contribution >= 4 is 24.1 Å². The zero-order valence-corrected chi connectivity index (χ0v) is 12.2. The van der Waals surface area contributed by atoms with Crippen molar-refractivity contribution in [2.75, 3.05) is 25.1 Å². The molecule has 0 fully saturated rings. The van der Waals surface area contributed by atoms with Crippen LogP contribution in [0.3, 0.4) is 0 Å². The van der Waals surface area contributed by atoms with E-state index >= 15 is 0 Å².